The molecule has 3 fully saturated rings. The second-order valence-corrected chi connectivity index (χ2v) is 6.10. The van der Waals surface area contributed by atoms with Crippen LogP contribution in [-0.2, 0) is 0 Å². The van der Waals surface area contributed by atoms with Gasteiger partial charge >= 0.3 is 0 Å². The van der Waals surface area contributed by atoms with Crippen molar-refractivity contribution in [3.8, 4) is 0 Å². The van der Waals surface area contributed by atoms with Gasteiger partial charge in [-0.15, -0.1) is 0 Å². The predicted molar refractivity (Wildman–Crippen MR) is 75.1 cm³/mol. The van der Waals surface area contributed by atoms with Crippen LogP contribution in [0.3, 0.4) is 0 Å². The maximum atomic E-state index is 13.3. The van der Waals surface area contributed by atoms with Crippen molar-refractivity contribution in [1.29, 1.82) is 0 Å². The van der Waals surface area contributed by atoms with Gasteiger partial charge in [0.1, 0.15) is 5.82 Å². The van der Waals surface area contributed by atoms with Crippen LogP contribution in [0, 0.1) is 11.7 Å². The number of fused-ring (bicyclic) bond motifs is 3. The molecular formula is C13H17BrFN3. The van der Waals surface area contributed by atoms with E-state index in [4.69, 9.17) is 5.73 Å². The van der Waals surface area contributed by atoms with Crippen molar-refractivity contribution < 1.29 is 4.39 Å². The van der Waals surface area contributed by atoms with Gasteiger partial charge in [-0.25, -0.2) is 4.39 Å². The largest absolute Gasteiger partial charge is 0.397 e. The van der Waals surface area contributed by atoms with E-state index in [1.807, 2.05) is 0 Å². The molecule has 0 aromatic heterocycles. The molecule has 5 heteroatoms. The zero-order valence-electron chi connectivity index (χ0n) is 10.1. The summed E-state index contributed by atoms with van der Waals surface area (Å²) in [6.07, 6.45) is 2.50. The van der Waals surface area contributed by atoms with Crippen LogP contribution in [-0.4, -0.2) is 30.6 Å². The van der Waals surface area contributed by atoms with Gasteiger partial charge in [0.05, 0.1) is 15.8 Å². The lowest BCUT2D eigenvalue weighted by atomic mass is 9.84. The third-order valence-corrected chi connectivity index (χ3v) is 4.70. The Labute approximate surface area is 115 Å². The highest BCUT2D eigenvalue weighted by Gasteiger charge is 2.34. The first-order valence-electron chi connectivity index (χ1n) is 6.37. The van der Waals surface area contributed by atoms with Gasteiger partial charge in [-0.3, -0.25) is 0 Å². The summed E-state index contributed by atoms with van der Waals surface area (Å²) < 4.78 is 13.8. The third kappa shape index (κ3) is 2.21. The maximum absolute atomic E-state index is 13.3. The molecule has 1 aromatic rings. The second kappa shape index (κ2) is 4.70. The lowest BCUT2D eigenvalue weighted by Gasteiger charge is -2.45. The van der Waals surface area contributed by atoms with Gasteiger partial charge in [0.15, 0.2) is 0 Å². The Morgan fingerprint density at radius 2 is 2.06 bits per heavy atom. The molecule has 3 N–H and O–H groups in total. The molecule has 0 saturated carbocycles. The molecule has 2 bridgehead atoms. The second-order valence-electron chi connectivity index (χ2n) is 5.24. The molecule has 3 saturated heterocycles. The van der Waals surface area contributed by atoms with E-state index < -0.39 is 0 Å². The van der Waals surface area contributed by atoms with E-state index in [-0.39, 0.29) is 5.82 Å². The van der Waals surface area contributed by atoms with Crippen LogP contribution >= 0.6 is 15.9 Å². The molecule has 1 unspecified atom stereocenters. The van der Waals surface area contributed by atoms with Crippen LogP contribution in [0.4, 0.5) is 15.8 Å². The summed E-state index contributed by atoms with van der Waals surface area (Å²) in [7, 11) is 0. The minimum Gasteiger partial charge on any atom is -0.397 e. The third-order valence-electron chi connectivity index (χ3n) is 4.09. The minimum atomic E-state index is -0.313. The molecular weight excluding hydrogens is 297 g/mol. The van der Waals surface area contributed by atoms with Crippen molar-refractivity contribution in [1.82, 2.24) is 4.90 Å². The number of benzene rings is 1. The van der Waals surface area contributed by atoms with Gasteiger partial charge in [0.25, 0.3) is 0 Å². The molecule has 1 aromatic carbocycles. The molecule has 4 rings (SSSR count). The number of nitrogens with zero attached hydrogens (tertiary/aromatic N) is 1. The highest BCUT2D eigenvalue weighted by Crippen LogP contribution is 2.33. The fourth-order valence-corrected chi connectivity index (χ4v) is 3.36. The van der Waals surface area contributed by atoms with E-state index >= 15 is 0 Å². The Morgan fingerprint density at radius 1 is 1.33 bits per heavy atom. The quantitative estimate of drug-likeness (QED) is 0.825. The normalized spacial score (nSPS) is 30.4. The molecule has 3 aliphatic rings. The number of hydrogen-bond donors (Lipinski definition) is 2. The lowest BCUT2D eigenvalue weighted by molar-refractivity contribution is 0.0975. The number of nitrogens with two attached hydrogens (primary N) is 1. The number of piperidine rings is 3. The molecule has 0 radical (unpaired) electrons. The monoisotopic (exact) mass is 313 g/mol. The van der Waals surface area contributed by atoms with Crippen molar-refractivity contribution >= 4 is 27.3 Å². The first-order chi connectivity index (χ1) is 8.63. The van der Waals surface area contributed by atoms with Gasteiger partial charge in [-0.05, 0) is 53.8 Å². The molecule has 0 amide bonds. The standard InChI is InChI=1S/C13H17BrFN3/c14-9-5-12(11(16)6-10(9)15)17-13-7-18-3-1-8(13)2-4-18/h5-6,8,13,17H,1-4,7,16H2. The number of rotatable bonds is 2. The van der Waals surface area contributed by atoms with Crippen molar-refractivity contribution in [3.05, 3.63) is 22.4 Å². The number of hydrogen-bond acceptors (Lipinski definition) is 3. The van der Waals surface area contributed by atoms with Crippen LogP contribution in [0.5, 0.6) is 0 Å². The highest BCUT2D eigenvalue weighted by molar-refractivity contribution is 9.10. The Kier molecular flexibility index (Phi) is 3.20. The van der Waals surface area contributed by atoms with Crippen molar-refractivity contribution in [2.24, 2.45) is 5.92 Å². The first-order valence-corrected chi connectivity index (χ1v) is 7.16. The average Bonchev–Trinajstić information content (AvgIpc) is 2.37. The van der Waals surface area contributed by atoms with E-state index in [1.54, 1.807) is 6.07 Å². The van der Waals surface area contributed by atoms with E-state index in [0.717, 1.165) is 18.2 Å². The SMILES string of the molecule is Nc1cc(F)c(Br)cc1NC1CN2CCC1CC2. The fraction of sp³-hybridized carbons (Fsp3) is 0.538. The molecule has 0 spiro atoms. The van der Waals surface area contributed by atoms with Crippen LogP contribution in [0.1, 0.15) is 12.8 Å². The van der Waals surface area contributed by atoms with Gasteiger partial charge in [0, 0.05) is 18.7 Å². The number of nitrogens with one attached hydrogen (secondary N) is 1. The van der Waals surface area contributed by atoms with E-state index in [0.29, 0.717) is 16.2 Å². The summed E-state index contributed by atoms with van der Waals surface area (Å²) in [5.41, 5.74) is 7.18. The van der Waals surface area contributed by atoms with Gasteiger partial charge in [-0.1, -0.05) is 0 Å². The molecule has 1 atom stereocenters. The molecule has 3 aliphatic heterocycles. The zero-order chi connectivity index (χ0) is 12.7. The fourth-order valence-electron chi connectivity index (χ4n) is 3.02. The van der Waals surface area contributed by atoms with Gasteiger partial charge < -0.3 is 16.0 Å². The first kappa shape index (κ1) is 12.2. The van der Waals surface area contributed by atoms with E-state index in [1.165, 1.54) is 32.0 Å². The molecule has 18 heavy (non-hydrogen) atoms. The Morgan fingerprint density at radius 3 is 2.67 bits per heavy atom. The van der Waals surface area contributed by atoms with Crippen LogP contribution < -0.4 is 11.1 Å². The Hall–Kier alpha value is -0.810. The van der Waals surface area contributed by atoms with Crippen molar-refractivity contribution in [2.45, 2.75) is 18.9 Å². The van der Waals surface area contributed by atoms with Gasteiger partial charge in [0.2, 0.25) is 0 Å². The Balaban J connectivity index is 1.78. The minimum absolute atomic E-state index is 0.313. The van der Waals surface area contributed by atoms with Crippen LogP contribution in [0.15, 0.2) is 16.6 Å². The smallest absolute Gasteiger partial charge is 0.139 e. The number of anilines is 2. The lowest BCUT2D eigenvalue weighted by Crippen LogP contribution is -2.53. The van der Waals surface area contributed by atoms with Gasteiger partial charge in [-0.2, -0.15) is 0 Å². The van der Waals surface area contributed by atoms with E-state index in [2.05, 4.69) is 26.1 Å². The number of nitrogen functional groups attached to an aromatic ring is 1. The van der Waals surface area contributed by atoms with Crippen molar-refractivity contribution in [3.63, 3.8) is 0 Å². The van der Waals surface area contributed by atoms with Crippen molar-refractivity contribution in [2.75, 3.05) is 30.7 Å². The Bertz CT molecular complexity index is 458. The average molecular weight is 314 g/mol. The van der Waals surface area contributed by atoms with Crippen LogP contribution in [0.2, 0.25) is 0 Å². The summed E-state index contributed by atoms with van der Waals surface area (Å²) in [6, 6.07) is 3.54. The van der Waals surface area contributed by atoms with E-state index in [9.17, 15) is 4.39 Å². The summed E-state index contributed by atoms with van der Waals surface area (Å²) in [5.74, 6) is 0.408. The number of halogens is 2. The molecule has 0 aliphatic carbocycles. The molecule has 98 valence electrons. The topological polar surface area (TPSA) is 41.3 Å². The summed E-state index contributed by atoms with van der Waals surface area (Å²) in [4.78, 5) is 2.48. The zero-order valence-corrected chi connectivity index (χ0v) is 11.7. The maximum Gasteiger partial charge on any atom is 0.139 e. The summed E-state index contributed by atoms with van der Waals surface area (Å²) >= 11 is 3.21. The highest BCUT2D eigenvalue weighted by atomic mass is 79.9. The summed E-state index contributed by atoms with van der Waals surface area (Å²) in [5, 5.41) is 3.49. The predicted octanol–water partition coefficient (Wildman–Crippen LogP) is 2.68. The summed E-state index contributed by atoms with van der Waals surface area (Å²) in [6.45, 7) is 3.50. The molecule has 3 heterocycles. The van der Waals surface area contributed by atoms with Crippen LogP contribution in [0.25, 0.3) is 0 Å². The molecule has 3 nitrogen and oxygen atoms in total.